The molecule has 2 aliphatic heterocycles. The topological polar surface area (TPSA) is 92.1 Å². The van der Waals surface area contributed by atoms with E-state index in [-0.39, 0.29) is 23.5 Å². The van der Waals surface area contributed by atoms with Crippen LogP contribution in [0.1, 0.15) is 60.2 Å². The lowest BCUT2D eigenvalue weighted by molar-refractivity contribution is -0.138. The molecule has 3 aliphatic rings. The first-order valence-corrected chi connectivity index (χ1v) is 15.3. The highest BCUT2D eigenvalue weighted by Gasteiger charge is 2.47. The first kappa shape index (κ1) is 29.4. The fourth-order valence-corrected chi connectivity index (χ4v) is 6.56. The summed E-state index contributed by atoms with van der Waals surface area (Å²) >= 11 is 0. The first-order valence-electron chi connectivity index (χ1n) is 15.3. The molecule has 45 heavy (non-hydrogen) atoms. The number of rotatable bonds is 8. The van der Waals surface area contributed by atoms with Gasteiger partial charge in [-0.2, -0.15) is 13.2 Å². The number of carbonyl (C=O) groups excluding carboxylic acids is 1. The minimum Gasteiger partial charge on any atom is -0.370 e. The highest BCUT2D eigenvalue weighted by Crippen LogP contribution is 2.53. The molecule has 0 atom stereocenters. The number of nitrogens with zero attached hydrogens (tertiary/aromatic N) is 7. The number of aromatic nitrogens is 5. The number of benzene rings is 1. The van der Waals surface area contributed by atoms with E-state index in [2.05, 4.69) is 39.2 Å². The molecule has 1 N–H and O–H groups in total. The number of hydrogen-bond donors (Lipinski definition) is 1. The smallest absolute Gasteiger partial charge is 0.370 e. The predicted molar refractivity (Wildman–Crippen MR) is 164 cm³/mol. The van der Waals surface area contributed by atoms with Gasteiger partial charge in [0.05, 0.1) is 12.1 Å². The summed E-state index contributed by atoms with van der Waals surface area (Å²) in [6.07, 6.45) is 3.83. The maximum atomic E-state index is 14.5. The molecule has 7 rings (SSSR count). The molecule has 1 amide bonds. The second-order valence-electron chi connectivity index (χ2n) is 13.1. The van der Waals surface area contributed by atoms with Crippen molar-refractivity contribution in [2.24, 2.45) is 18.4 Å². The second kappa shape index (κ2) is 10.9. The summed E-state index contributed by atoms with van der Waals surface area (Å²) in [5.74, 6) is 1.21. The van der Waals surface area contributed by atoms with Crippen LogP contribution in [0.25, 0.3) is 22.5 Å². The van der Waals surface area contributed by atoms with Crippen molar-refractivity contribution in [3.8, 4) is 22.5 Å². The van der Waals surface area contributed by atoms with E-state index in [1.165, 1.54) is 23.8 Å². The molecule has 1 aromatic carbocycles. The Morgan fingerprint density at radius 3 is 2.58 bits per heavy atom. The van der Waals surface area contributed by atoms with Crippen LogP contribution in [-0.4, -0.2) is 55.2 Å². The van der Waals surface area contributed by atoms with E-state index in [1.807, 2.05) is 19.2 Å². The number of likely N-dealkylation sites (tertiary alicyclic amines) is 1. The quantitative estimate of drug-likeness (QED) is 0.253. The van der Waals surface area contributed by atoms with Gasteiger partial charge in [0.1, 0.15) is 18.0 Å². The van der Waals surface area contributed by atoms with Gasteiger partial charge in [-0.3, -0.25) is 19.6 Å². The molecule has 3 aromatic heterocycles. The Labute approximate surface area is 259 Å². The Morgan fingerprint density at radius 2 is 1.89 bits per heavy atom. The van der Waals surface area contributed by atoms with E-state index in [4.69, 9.17) is 4.98 Å². The molecule has 1 saturated carbocycles. The van der Waals surface area contributed by atoms with E-state index in [0.717, 1.165) is 30.6 Å². The number of halogens is 3. The van der Waals surface area contributed by atoms with Crippen molar-refractivity contribution in [3.05, 3.63) is 71.3 Å². The summed E-state index contributed by atoms with van der Waals surface area (Å²) in [6, 6.07) is 8.31. The van der Waals surface area contributed by atoms with Crippen LogP contribution in [0.5, 0.6) is 0 Å². The largest absolute Gasteiger partial charge is 0.416 e. The van der Waals surface area contributed by atoms with Gasteiger partial charge in [0.25, 0.3) is 5.91 Å². The van der Waals surface area contributed by atoms with Crippen molar-refractivity contribution in [1.82, 2.24) is 29.6 Å². The molecule has 12 heteroatoms. The summed E-state index contributed by atoms with van der Waals surface area (Å²) in [5, 5.41) is 11.6. The highest BCUT2D eigenvalue weighted by molar-refractivity contribution is 6.10. The molecule has 0 radical (unpaired) electrons. The molecule has 234 valence electrons. The highest BCUT2D eigenvalue weighted by atomic mass is 19.4. The Bertz CT molecular complexity index is 1780. The Kier molecular flexibility index (Phi) is 7.14. The molecule has 0 unspecified atom stereocenters. The van der Waals surface area contributed by atoms with Gasteiger partial charge in [-0.25, -0.2) is 4.98 Å². The standard InChI is InChI=1S/C33H35F3N8O/c1-20(2)14-38-28-12-22(25-15-37-8-4-23(25)30-41-39-19-42(30)3)13-29(40-28)44-17-26-24(31(44)45)10-21(11-27(26)33(34,35)36)16-43-9-7-32(18-43)5-6-32/h4,8,10-13,15,19-20H,5-7,9,14,16-18H2,1-3H3,(H,38,40). The maximum Gasteiger partial charge on any atom is 0.416 e. The van der Waals surface area contributed by atoms with Crippen LogP contribution in [0, 0.1) is 11.3 Å². The van der Waals surface area contributed by atoms with Gasteiger partial charge in [-0.15, -0.1) is 10.2 Å². The molecular formula is C33H35F3N8O. The molecule has 1 aliphatic carbocycles. The fourth-order valence-electron chi connectivity index (χ4n) is 6.56. The van der Waals surface area contributed by atoms with E-state index < -0.39 is 17.6 Å². The molecule has 2 fully saturated rings. The molecule has 1 saturated heterocycles. The third-order valence-corrected chi connectivity index (χ3v) is 9.15. The van der Waals surface area contributed by atoms with E-state index in [1.54, 1.807) is 35.4 Å². The zero-order valence-corrected chi connectivity index (χ0v) is 25.5. The minimum absolute atomic E-state index is 0.0126. The third-order valence-electron chi connectivity index (χ3n) is 9.15. The SMILES string of the molecule is CC(C)CNc1cc(-c2cnccc2-c2nncn2C)cc(N2Cc3c(cc(CN4CCC5(CC5)C4)cc3C(F)(F)F)C2=O)n1. The molecule has 5 heterocycles. The van der Waals surface area contributed by atoms with Crippen LogP contribution >= 0.6 is 0 Å². The van der Waals surface area contributed by atoms with Gasteiger partial charge in [-0.05, 0) is 84.2 Å². The van der Waals surface area contributed by atoms with Crippen molar-refractivity contribution in [2.75, 3.05) is 29.9 Å². The van der Waals surface area contributed by atoms with Gasteiger partial charge < -0.3 is 9.88 Å². The Morgan fingerprint density at radius 1 is 1.07 bits per heavy atom. The van der Waals surface area contributed by atoms with Crippen molar-refractivity contribution < 1.29 is 18.0 Å². The number of hydrogen-bond acceptors (Lipinski definition) is 7. The summed E-state index contributed by atoms with van der Waals surface area (Å²) in [7, 11) is 1.84. The van der Waals surface area contributed by atoms with Gasteiger partial charge in [0.15, 0.2) is 5.82 Å². The van der Waals surface area contributed by atoms with Crippen molar-refractivity contribution >= 4 is 17.5 Å². The van der Waals surface area contributed by atoms with Gasteiger partial charge in [-0.1, -0.05) is 13.8 Å². The summed E-state index contributed by atoms with van der Waals surface area (Å²) in [5.41, 5.74) is 2.39. The minimum atomic E-state index is -4.60. The lowest BCUT2D eigenvalue weighted by atomic mass is 9.98. The summed E-state index contributed by atoms with van der Waals surface area (Å²) in [6.45, 7) is 6.69. The number of anilines is 2. The number of nitrogens with one attached hydrogen (secondary N) is 1. The lowest BCUT2D eigenvalue weighted by Gasteiger charge is -2.19. The number of aryl methyl sites for hydroxylation is 1. The van der Waals surface area contributed by atoms with E-state index in [9.17, 15) is 18.0 Å². The van der Waals surface area contributed by atoms with Gasteiger partial charge >= 0.3 is 6.18 Å². The number of pyridine rings is 2. The van der Waals surface area contributed by atoms with Crippen molar-refractivity contribution in [3.63, 3.8) is 0 Å². The lowest BCUT2D eigenvalue weighted by Crippen LogP contribution is -2.25. The van der Waals surface area contributed by atoms with Crippen LogP contribution in [0.3, 0.4) is 0 Å². The van der Waals surface area contributed by atoms with E-state index in [0.29, 0.717) is 47.2 Å². The zero-order valence-electron chi connectivity index (χ0n) is 25.5. The zero-order chi connectivity index (χ0) is 31.5. The van der Waals surface area contributed by atoms with Crippen LogP contribution < -0.4 is 10.2 Å². The van der Waals surface area contributed by atoms with Crippen LogP contribution in [0.15, 0.2) is 49.1 Å². The molecule has 1 spiro atoms. The number of carbonyl (C=O) groups is 1. The van der Waals surface area contributed by atoms with Gasteiger partial charge in [0, 0.05) is 55.8 Å². The van der Waals surface area contributed by atoms with Crippen LogP contribution in [-0.2, 0) is 26.3 Å². The van der Waals surface area contributed by atoms with Crippen molar-refractivity contribution in [2.45, 2.75) is 52.4 Å². The normalized spacial score (nSPS) is 17.5. The van der Waals surface area contributed by atoms with Gasteiger partial charge in [0.2, 0.25) is 0 Å². The average Bonchev–Trinajstić information content (AvgIpc) is 3.27. The Balaban J connectivity index is 1.28. The molecular weight excluding hydrogens is 581 g/mol. The molecule has 9 nitrogen and oxygen atoms in total. The molecule has 0 bridgehead atoms. The van der Waals surface area contributed by atoms with Crippen LogP contribution in [0.4, 0.5) is 24.8 Å². The Hall–Kier alpha value is -4.32. The second-order valence-corrected chi connectivity index (χ2v) is 13.1. The maximum absolute atomic E-state index is 14.5. The monoisotopic (exact) mass is 616 g/mol. The predicted octanol–water partition coefficient (Wildman–Crippen LogP) is 6.17. The average molecular weight is 617 g/mol. The first-order chi connectivity index (χ1) is 21.5. The summed E-state index contributed by atoms with van der Waals surface area (Å²) in [4.78, 5) is 26.6. The molecule has 4 aromatic rings. The third kappa shape index (κ3) is 5.67. The van der Waals surface area contributed by atoms with Crippen LogP contribution in [0.2, 0.25) is 0 Å². The van der Waals surface area contributed by atoms with E-state index >= 15 is 0 Å². The summed E-state index contributed by atoms with van der Waals surface area (Å²) < 4.78 is 45.2. The van der Waals surface area contributed by atoms with Crippen molar-refractivity contribution in [1.29, 1.82) is 0 Å². The number of fused-ring (bicyclic) bond motifs is 1. The fraction of sp³-hybridized carbons (Fsp3) is 0.424. The number of amides is 1. The number of alkyl halides is 3.